The van der Waals surface area contributed by atoms with Gasteiger partial charge in [0.1, 0.15) is 11.6 Å². The van der Waals surface area contributed by atoms with Crippen molar-refractivity contribution in [3.05, 3.63) is 57.5 Å². The summed E-state index contributed by atoms with van der Waals surface area (Å²) >= 11 is 0. The molecule has 0 aliphatic carbocycles. The highest BCUT2D eigenvalue weighted by Gasteiger charge is 2.34. The summed E-state index contributed by atoms with van der Waals surface area (Å²) in [6.07, 6.45) is 1.76. The quantitative estimate of drug-likeness (QED) is 0.707. The summed E-state index contributed by atoms with van der Waals surface area (Å²) in [4.78, 5) is 32.6. The molecule has 3 heterocycles. The molecule has 1 atom stereocenters. The van der Waals surface area contributed by atoms with E-state index >= 15 is 0 Å². The van der Waals surface area contributed by atoms with Crippen LogP contribution in [-0.2, 0) is 17.8 Å². The molecule has 3 aromatic rings. The molecule has 0 bridgehead atoms. The predicted octanol–water partition coefficient (Wildman–Crippen LogP) is 1.90. The normalized spacial score (nSPS) is 16.7. The van der Waals surface area contributed by atoms with Crippen LogP contribution in [0.15, 0.2) is 33.6 Å². The first-order chi connectivity index (χ1) is 14.0. The first-order valence-electron chi connectivity index (χ1n) is 9.82. The van der Waals surface area contributed by atoms with Crippen molar-refractivity contribution in [3.8, 4) is 0 Å². The van der Waals surface area contributed by atoms with E-state index < -0.39 is 0 Å². The molecular weight excluding hydrogens is 372 g/mol. The van der Waals surface area contributed by atoms with E-state index in [1.807, 2.05) is 13.0 Å². The van der Waals surface area contributed by atoms with Gasteiger partial charge in [-0.15, -0.1) is 0 Å². The van der Waals surface area contributed by atoms with E-state index in [1.165, 1.54) is 4.57 Å². The second-order valence-electron chi connectivity index (χ2n) is 7.39. The fraction of sp³-hybridized carbons (Fsp3) is 0.429. The average molecular weight is 396 g/mol. The molecule has 1 amide bonds. The van der Waals surface area contributed by atoms with E-state index in [0.29, 0.717) is 34.7 Å². The van der Waals surface area contributed by atoms with Crippen molar-refractivity contribution < 1.29 is 14.4 Å². The van der Waals surface area contributed by atoms with Crippen molar-refractivity contribution in [2.75, 3.05) is 13.2 Å². The lowest BCUT2D eigenvalue weighted by atomic mass is 10.1. The maximum atomic E-state index is 13.1. The minimum absolute atomic E-state index is 0.0418. The number of aliphatic hydroxyl groups excluding tert-OH is 1. The van der Waals surface area contributed by atoms with Crippen LogP contribution in [0.1, 0.15) is 41.7 Å². The van der Waals surface area contributed by atoms with Crippen molar-refractivity contribution in [2.45, 2.75) is 45.7 Å². The van der Waals surface area contributed by atoms with E-state index in [0.717, 1.165) is 18.4 Å². The molecule has 1 saturated heterocycles. The van der Waals surface area contributed by atoms with Crippen molar-refractivity contribution in [3.63, 3.8) is 0 Å². The number of fused-ring (bicyclic) bond motifs is 1. The average Bonchev–Trinajstić information content (AvgIpc) is 3.32. The van der Waals surface area contributed by atoms with E-state index in [-0.39, 0.29) is 37.1 Å². The smallest absolute Gasteiger partial charge is 0.261 e. The third-order valence-corrected chi connectivity index (χ3v) is 5.60. The molecule has 0 spiro atoms. The van der Waals surface area contributed by atoms with Gasteiger partial charge in [-0.05, 0) is 38.8 Å². The Morgan fingerprint density at radius 2 is 2.10 bits per heavy atom. The molecule has 1 aromatic carbocycles. The first kappa shape index (κ1) is 19.3. The van der Waals surface area contributed by atoms with E-state index in [4.69, 9.17) is 9.51 Å². The molecule has 1 N–H and O–H groups in total. The van der Waals surface area contributed by atoms with Gasteiger partial charge in [-0.2, -0.15) is 0 Å². The Balaban J connectivity index is 1.73. The van der Waals surface area contributed by atoms with Crippen LogP contribution < -0.4 is 5.56 Å². The Morgan fingerprint density at radius 1 is 1.31 bits per heavy atom. The number of benzene rings is 1. The summed E-state index contributed by atoms with van der Waals surface area (Å²) in [5.74, 6) is 1.14. The van der Waals surface area contributed by atoms with Crippen LogP contribution in [0.25, 0.3) is 10.9 Å². The molecule has 0 radical (unpaired) electrons. The molecular formula is C21H24N4O4. The molecule has 1 aliphatic heterocycles. The summed E-state index contributed by atoms with van der Waals surface area (Å²) < 4.78 is 6.69. The minimum Gasteiger partial charge on any atom is -0.395 e. The zero-order valence-electron chi connectivity index (χ0n) is 16.6. The number of amides is 1. The predicted molar refractivity (Wildman–Crippen MR) is 106 cm³/mol. The third kappa shape index (κ3) is 3.44. The standard InChI is InChI=1S/C21H24N4O4/c1-13-16(14(2)29-23-13)12-19(27)24-9-5-8-18(24)20-22-17-7-4-3-6-15(17)21(28)25(20)10-11-26/h3-4,6-7,18,26H,5,8-12H2,1-2H3. The molecule has 8 heteroatoms. The number of nitrogens with zero attached hydrogens (tertiary/aromatic N) is 4. The van der Waals surface area contributed by atoms with Gasteiger partial charge in [0, 0.05) is 12.1 Å². The van der Waals surface area contributed by atoms with Crippen LogP contribution in [0.4, 0.5) is 0 Å². The van der Waals surface area contributed by atoms with E-state index in [9.17, 15) is 14.7 Å². The minimum atomic E-state index is -0.299. The molecule has 8 nitrogen and oxygen atoms in total. The Hall–Kier alpha value is -3.00. The largest absolute Gasteiger partial charge is 0.395 e. The Morgan fingerprint density at radius 3 is 2.83 bits per heavy atom. The van der Waals surface area contributed by atoms with Crippen LogP contribution in [0.5, 0.6) is 0 Å². The van der Waals surface area contributed by atoms with Gasteiger partial charge < -0.3 is 14.5 Å². The number of aryl methyl sites for hydroxylation is 2. The Kier molecular flexibility index (Phi) is 5.19. The van der Waals surface area contributed by atoms with E-state index in [1.54, 1.807) is 30.0 Å². The van der Waals surface area contributed by atoms with Crippen molar-refractivity contribution >= 4 is 16.8 Å². The van der Waals surface area contributed by atoms with Gasteiger partial charge in [0.15, 0.2) is 0 Å². The zero-order valence-corrected chi connectivity index (χ0v) is 16.6. The number of rotatable bonds is 5. The number of hydrogen-bond acceptors (Lipinski definition) is 6. The lowest BCUT2D eigenvalue weighted by molar-refractivity contribution is -0.131. The van der Waals surface area contributed by atoms with Crippen molar-refractivity contribution in [1.29, 1.82) is 0 Å². The Labute approximate surface area is 167 Å². The van der Waals surface area contributed by atoms with Gasteiger partial charge in [-0.3, -0.25) is 14.2 Å². The molecule has 1 aliphatic rings. The molecule has 0 saturated carbocycles. The zero-order chi connectivity index (χ0) is 20.5. The highest BCUT2D eigenvalue weighted by molar-refractivity contribution is 5.80. The van der Waals surface area contributed by atoms with Gasteiger partial charge in [0.2, 0.25) is 5.91 Å². The molecule has 1 fully saturated rings. The van der Waals surface area contributed by atoms with Crippen molar-refractivity contribution in [2.24, 2.45) is 0 Å². The number of hydrogen-bond donors (Lipinski definition) is 1. The fourth-order valence-corrected chi connectivity index (χ4v) is 4.10. The lowest BCUT2D eigenvalue weighted by Gasteiger charge is -2.26. The van der Waals surface area contributed by atoms with Gasteiger partial charge in [0.05, 0.1) is 42.2 Å². The summed E-state index contributed by atoms with van der Waals surface area (Å²) in [6, 6.07) is 6.87. The number of carbonyl (C=O) groups excluding carboxylic acids is 1. The van der Waals surface area contributed by atoms with Crippen molar-refractivity contribution in [1.82, 2.24) is 19.6 Å². The number of aliphatic hydroxyl groups is 1. The third-order valence-electron chi connectivity index (χ3n) is 5.60. The second kappa shape index (κ2) is 7.79. The topological polar surface area (TPSA) is 101 Å². The molecule has 152 valence electrons. The molecule has 29 heavy (non-hydrogen) atoms. The lowest BCUT2D eigenvalue weighted by Crippen LogP contribution is -2.36. The number of para-hydroxylation sites is 1. The maximum Gasteiger partial charge on any atom is 0.261 e. The first-order valence-corrected chi connectivity index (χ1v) is 9.82. The number of carbonyl (C=O) groups is 1. The van der Waals surface area contributed by atoms with Gasteiger partial charge in [-0.1, -0.05) is 17.3 Å². The van der Waals surface area contributed by atoms with Crippen LogP contribution >= 0.6 is 0 Å². The number of aromatic nitrogens is 3. The molecule has 4 rings (SSSR count). The molecule has 1 unspecified atom stereocenters. The van der Waals surface area contributed by atoms with Crippen LogP contribution in [0.2, 0.25) is 0 Å². The fourth-order valence-electron chi connectivity index (χ4n) is 4.10. The Bertz CT molecular complexity index is 1100. The molecule has 2 aromatic heterocycles. The maximum absolute atomic E-state index is 13.1. The number of likely N-dealkylation sites (tertiary alicyclic amines) is 1. The second-order valence-corrected chi connectivity index (χ2v) is 7.39. The summed E-state index contributed by atoms with van der Waals surface area (Å²) in [5, 5.41) is 13.9. The summed E-state index contributed by atoms with van der Waals surface area (Å²) in [7, 11) is 0. The van der Waals surface area contributed by atoms with Gasteiger partial charge in [0.25, 0.3) is 5.56 Å². The van der Waals surface area contributed by atoms with E-state index in [2.05, 4.69) is 5.16 Å². The summed E-state index contributed by atoms with van der Waals surface area (Å²) in [6.45, 7) is 4.20. The van der Waals surface area contributed by atoms with Crippen LogP contribution in [-0.4, -0.2) is 43.8 Å². The highest BCUT2D eigenvalue weighted by Crippen LogP contribution is 2.32. The van der Waals surface area contributed by atoms with Crippen LogP contribution in [0, 0.1) is 13.8 Å². The highest BCUT2D eigenvalue weighted by atomic mass is 16.5. The monoisotopic (exact) mass is 396 g/mol. The SMILES string of the molecule is Cc1noc(C)c1CC(=O)N1CCCC1c1nc2ccccc2c(=O)n1CCO. The van der Waals surface area contributed by atoms with Gasteiger partial charge >= 0.3 is 0 Å². The van der Waals surface area contributed by atoms with Crippen LogP contribution in [0.3, 0.4) is 0 Å². The summed E-state index contributed by atoms with van der Waals surface area (Å²) in [5.41, 5.74) is 1.93. The van der Waals surface area contributed by atoms with Gasteiger partial charge in [-0.25, -0.2) is 4.98 Å².